The average molecular weight is 362 g/mol. The number of hydrogen-bond acceptors (Lipinski definition) is 3. The second-order valence-electron chi connectivity index (χ2n) is 7.42. The van der Waals surface area contributed by atoms with Gasteiger partial charge in [0.2, 0.25) is 5.91 Å². The van der Waals surface area contributed by atoms with Gasteiger partial charge in [-0.15, -0.1) is 0 Å². The summed E-state index contributed by atoms with van der Waals surface area (Å²) in [6.45, 7) is 5.48. The molecule has 4 rings (SSSR count). The van der Waals surface area contributed by atoms with Crippen LogP contribution in [0.4, 0.5) is 5.69 Å². The fourth-order valence-electron chi connectivity index (χ4n) is 3.93. The molecule has 27 heavy (non-hydrogen) atoms. The lowest BCUT2D eigenvalue weighted by atomic mass is 9.96. The molecule has 0 aliphatic carbocycles. The predicted molar refractivity (Wildman–Crippen MR) is 109 cm³/mol. The molecule has 1 amide bonds. The summed E-state index contributed by atoms with van der Waals surface area (Å²) in [5, 5.41) is 5.32. The van der Waals surface area contributed by atoms with E-state index >= 15 is 0 Å². The molecule has 1 fully saturated rings. The summed E-state index contributed by atoms with van der Waals surface area (Å²) < 4.78 is 2.23. The Hall–Kier alpha value is -2.66. The van der Waals surface area contributed by atoms with Crippen LogP contribution >= 0.6 is 0 Å². The van der Waals surface area contributed by atoms with Gasteiger partial charge in [-0.3, -0.25) is 9.69 Å². The van der Waals surface area contributed by atoms with Gasteiger partial charge in [-0.25, -0.2) is 4.98 Å². The molecule has 2 aromatic carbocycles. The van der Waals surface area contributed by atoms with Gasteiger partial charge in [0.05, 0.1) is 6.54 Å². The Labute approximate surface area is 160 Å². The molecule has 3 aromatic rings. The van der Waals surface area contributed by atoms with E-state index in [9.17, 15) is 4.79 Å². The van der Waals surface area contributed by atoms with Crippen LogP contribution in [0.25, 0.3) is 10.8 Å². The number of carbonyl (C=O) groups is 1. The second kappa shape index (κ2) is 7.92. The molecule has 0 bridgehead atoms. The minimum atomic E-state index is 0.0651. The number of aryl methyl sites for hydroxylation is 1. The molecule has 5 heteroatoms. The highest BCUT2D eigenvalue weighted by atomic mass is 16.2. The smallest absolute Gasteiger partial charge is 0.238 e. The van der Waals surface area contributed by atoms with Gasteiger partial charge in [0, 0.05) is 30.0 Å². The van der Waals surface area contributed by atoms with Crippen molar-refractivity contribution >= 4 is 22.4 Å². The number of imidazole rings is 1. The molecule has 1 aliphatic rings. The maximum absolute atomic E-state index is 12.5. The summed E-state index contributed by atoms with van der Waals surface area (Å²) in [6.07, 6.45) is 6.17. The van der Waals surface area contributed by atoms with E-state index in [-0.39, 0.29) is 5.91 Å². The molecule has 0 atom stereocenters. The number of rotatable bonds is 5. The van der Waals surface area contributed by atoms with Crippen molar-refractivity contribution in [1.29, 1.82) is 0 Å². The highest BCUT2D eigenvalue weighted by Crippen LogP contribution is 2.23. The van der Waals surface area contributed by atoms with Gasteiger partial charge >= 0.3 is 0 Å². The standard InChI is InChI=1S/C22H26N4O/c1-17-23-11-14-26(17)15-18-9-12-25(13-10-18)16-22(27)24-21-8-4-6-19-5-2-3-7-20(19)21/h2-8,11,14,18H,9-10,12-13,15-16H2,1H3,(H,24,27). The number of amides is 1. The van der Waals surface area contributed by atoms with Gasteiger partial charge in [0.15, 0.2) is 0 Å². The van der Waals surface area contributed by atoms with Crippen LogP contribution in [-0.2, 0) is 11.3 Å². The van der Waals surface area contributed by atoms with Crippen LogP contribution in [0, 0.1) is 12.8 Å². The molecular formula is C22H26N4O. The highest BCUT2D eigenvalue weighted by molar-refractivity contribution is 6.02. The van der Waals surface area contributed by atoms with Crippen molar-refractivity contribution in [2.45, 2.75) is 26.3 Å². The molecule has 0 unspecified atom stereocenters. The number of nitrogens with zero attached hydrogens (tertiary/aromatic N) is 3. The number of piperidine rings is 1. The first kappa shape index (κ1) is 17.7. The van der Waals surface area contributed by atoms with Gasteiger partial charge in [0.1, 0.15) is 5.82 Å². The van der Waals surface area contributed by atoms with Crippen LogP contribution in [0.15, 0.2) is 54.9 Å². The Bertz CT molecular complexity index is 919. The average Bonchev–Trinajstić information content (AvgIpc) is 3.08. The number of benzene rings is 2. The monoisotopic (exact) mass is 362 g/mol. The number of carbonyl (C=O) groups excluding carboxylic acids is 1. The fourth-order valence-corrected chi connectivity index (χ4v) is 3.93. The van der Waals surface area contributed by atoms with Crippen molar-refractivity contribution < 1.29 is 4.79 Å². The van der Waals surface area contributed by atoms with E-state index in [4.69, 9.17) is 0 Å². The number of aromatic nitrogens is 2. The molecule has 0 saturated carbocycles. The first-order valence-electron chi connectivity index (χ1n) is 9.67. The lowest BCUT2D eigenvalue weighted by Crippen LogP contribution is -2.40. The van der Waals surface area contributed by atoms with E-state index in [0.29, 0.717) is 12.5 Å². The van der Waals surface area contributed by atoms with E-state index in [1.807, 2.05) is 37.4 Å². The third kappa shape index (κ3) is 4.19. The molecule has 2 heterocycles. The maximum Gasteiger partial charge on any atom is 0.238 e. The number of likely N-dealkylation sites (tertiary alicyclic amines) is 1. The van der Waals surface area contributed by atoms with Crippen LogP contribution in [0.2, 0.25) is 0 Å². The molecule has 1 N–H and O–H groups in total. The lowest BCUT2D eigenvalue weighted by molar-refractivity contribution is -0.117. The third-order valence-electron chi connectivity index (χ3n) is 5.52. The van der Waals surface area contributed by atoms with Gasteiger partial charge in [0.25, 0.3) is 0 Å². The normalized spacial score (nSPS) is 15.9. The van der Waals surface area contributed by atoms with Crippen LogP contribution in [0.3, 0.4) is 0 Å². The zero-order valence-corrected chi connectivity index (χ0v) is 15.8. The largest absolute Gasteiger partial charge is 0.335 e. The molecule has 1 aromatic heterocycles. The Morgan fingerprint density at radius 1 is 1.15 bits per heavy atom. The van der Waals surface area contributed by atoms with Crippen LogP contribution in [0.1, 0.15) is 18.7 Å². The minimum Gasteiger partial charge on any atom is -0.335 e. The van der Waals surface area contributed by atoms with E-state index in [1.54, 1.807) is 0 Å². The number of hydrogen-bond donors (Lipinski definition) is 1. The van der Waals surface area contributed by atoms with Crippen molar-refractivity contribution in [2.75, 3.05) is 25.0 Å². The summed E-state index contributed by atoms with van der Waals surface area (Å²) in [5.41, 5.74) is 0.892. The molecule has 140 valence electrons. The van der Waals surface area contributed by atoms with Crippen molar-refractivity contribution in [2.24, 2.45) is 5.92 Å². The summed E-state index contributed by atoms with van der Waals surface area (Å²) >= 11 is 0. The minimum absolute atomic E-state index is 0.0651. The van der Waals surface area contributed by atoms with Crippen LogP contribution in [0.5, 0.6) is 0 Å². The topological polar surface area (TPSA) is 50.2 Å². The van der Waals surface area contributed by atoms with Crippen LogP contribution < -0.4 is 5.32 Å². The van der Waals surface area contributed by atoms with Gasteiger partial charge in [-0.2, -0.15) is 0 Å². The number of nitrogens with one attached hydrogen (secondary N) is 1. The summed E-state index contributed by atoms with van der Waals surface area (Å²) in [6, 6.07) is 14.2. The van der Waals surface area contributed by atoms with E-state index < -0.39 is 0 Å². The Balaban J connectivity index is 1.30. The first-order valence-corrected chi connectivity index (χ1v) is 9.67. The quantitative estimate of drug-likeness (QED) is 0.753. The third-order valence-corrected chi connectivity index (χ3v) is 5.52. The molecule has 0 radical (unpaired) electrons. The summed E-state index contributed by atoms with van der Waals surface area (Å²) in [7, 11) is 0. The molecular weight excluding hydrogens is 336 g/mol. The second-order valence-corrected chi connectivity index (χ2v) is 7.42. The lowest BCUT2D eigenvalue weighted by Gasteiger charge is -2.31. The zero-order chi connectivity index (χ0) is 18.6. The van der Waals surface area contributed by atoms with E-state index in [2.05, 4.69) is 44.2 Å². The maximum atomic E-state index is 12.5. The fraction of sp³-hybridized carbons (Fsp3) is 0.364. The van der Waals surface area contributed by atoms with Gasteiger partial charge < -0.3 is 9.88 Å². The van der Waals surface area contributed by atoms with E-state index in [0.717, 1.165) is 54.8 Å². The van der Waals surface area contributed by atoms with Crippen molar-refractivity contribution in [1.82, 2.24) is 14.5 Å². The molecule has 5 nitrogen and oxygen atoms in total. The predicted octanol–water partition coefficient (Wildman–Crippen LogP) is 3.70. The van der Waals surface area contributed by atoms with Crippen molar-refractivity contribution in [3.63, 3.8) is 0 Å². The molecule has 1 saturated heterocycles. The van der Waals surface area contributed by atoms with E-state index in [1.165, 1.54) is 0 Å². The van der Waals surface area contributed by atoms with Crippen LogP contribution in [-0.4, -0.2) is 40.0 Å². The SMILES string of the molecule is Cc1nccn1CC1CCN(CC(=O)Nc2cccc3ccccc23)CC1. The van der Waals surface area contributed by atoms with Gasteiger partial charge in [-0.1, -0.05) is 36.4 Å². The summed E-state index contributed by atoms with van der Waals surface area (Å²) in [4.78, 5) is 19.1. The Morgan fingerprint density at radius 3 is 2.70 bits per heavy atom. The Kier molecular flexibility index (Phi) is 5.21. The van der Waals surface area contributed by atoms with Gasteiger partial charge in [-0.05, 0) is 50.2 Å². The first-order chi connectivity index (χ1) is 13.2. The highest BCUT2D eigenvalue weighted by Gasteiger charge is 2.21. The molecule has 1 aliphatic heterocycles. The summed E-state index contributed by atoms with van der Waals surface area (Å²) in [5.74, 6) is 1.80. The Morgan fingerprint density at radius 2 is 1.93 bits per heavy atom. The number of fused-ring (bicyclic) bond motifs is 1. The van der Waals surface area contributed by atoms with Crippen molar-refractivity contribution in [3.8, 4) is 0 Å². The number of anilines is 1. The molecule has 0 spiro atoms. The zero-order valence-electron chi connectivity index (χ0n) is 15.8. The van der Waals surface area contributed by atoms with Crippen molar-refractivity contribution in [3.05, 3.63) is 60.7 Å².